The second-order valence-corrected chi connectivity index (χ2v) is 4.02. The lowest BCUT2D eigenvalue weighted by atomic mass is 9.91. The van der Waals surface area contributed by atoms with Crippen LogP contribution >= 0.6 is 11.6 Å². The summed E-state index contributed by atoms with van der Waals surface area (Å²) in [5, 5.41) is 0. The molecule has 1 aliphatic heterocycles. The van der Waals surface area contributed by atoms with E-state index in [1.54, 1.807) is 0 Å². The average molecular weight is 223 g/mol. The van der Waals surface area contributed by atoms with Crippen molar-refractivity contribution in [3.63, 3.8) is 0 Å². The summed E-state index contributed by atoms with van der Waals surface area (Å²) in [4.78, 5) is 10.8. The molecule has 1 fully saturated rings. The molecule has 0 amide bonds. The lowest BCUT2D eigenvalue weighted by Crippen LogP contribution is -2.45. The molecule has 1 atom stereocenters. The van der Waals surface area contributed by atoms with E-state index in [1.807, 2.05) is 13.8 Å². The molecule has 0 radical (unpaired) electrons. The monoisotopic (exact) mass is 222 g/mol. The van der Waals surface area contributed by atoms with Gasteiger partial charge in [0.1, 0.15) is 12.7 Å². The Bertz CT molecular complexity index is 205. The molecule has 1 rings (SSSR count). The van der Waals surface area contributed by atoms with Crippen LogP contribution in [0.3, 0.4) is 0 Å². The maximum atomic E-state index is 10.8. The molecule has 0 aromatic rings. The molecule has 0 N–H and O–H groups in total. The first-order valence-electron chi connectivity index (χ1n) is 4.49. The third kappa shape index (κ3) is 3.12. The van der Waals surface area contributed by atoms with E-state index in [-0.39, 0.29) is 17.4 Å². The largest absolute Gasteiger partial charge is 0.464 e. The first-order valence-corrected chi connectivity index (χ1v) is 5.03. The predicted molar refractivity (Wildman–Crippen MR) is 51.2 cm³/mol. The number of hydrogen-bond acceptors (Lipinski definition) is 4. The molecule has 0 aromatic heterocycles. The molecule has 0 aliphatic carbocycles. The molecular formula is C9H15ClO4. The van der Waals surface area contributed by atoms with Crippen molar-refractivity contribution in [2.45, 2.75) is 19.4 Å². The molecule has 5 heteroatoms. The molecular weight excluding hydrogens is 208 g/mol. The zero-order valence-corrected chi connectivity index (χ0v) is 9.17. The summed E-state index contributed by atoms with van der Waals surface area (Å²) in [6, 6.07) is 0. The van der Waals surface area contributed by atoms with Gasteiger partial charge in [-0.15, -0.1) is 11.6 Å². The number of carbonyl (C=O) groups excluding carboxylic acids is 1. The molecule has 1 unspecified atom stereocenters. The van der Waals surface area contributed by atoms with Crippen molar-refractivity contribution < 1.29 is 19.0 Å². The number of rotatable bonds is 3. The third-order valence-electron chi connectivity index (χ3n) is 2.37. The van der Waals surface area contributed by atoms with E-state index in [1.165, 1.54) is 0 Å². The Hall–Kier alpha value is -0.320. The Morgan fingerprint density at radius 2 is 2.36 bits per heavy atom. The SMILES string of the molecule is CC1(C)OCOCC1COC(=O)CCl. The van der Waals surface area contributed by atoms with Crippen LogP contribution in [0.5, 0.6) is 0 Å². The van der Waals surface area contributed by atoms with Gasteiger partial charge in [-0.3, -0.25) is 4.79 Å². The van der Waals surface area contributed by atoms with Crippen molar-refractivity contribution in [1.82, 2.24) is 0 Å². The van der Waals surface area contributed by atoms with Crippen LogP contribution in [-0.2, 0) is 19.0 Å². The van der Waals surface area contributed by atoms with E-state index in [0.717, 1.165) is 0 Å². The summed E-state index contributed by atoms with van der Waals surface area (Å²) in [5.74, 6) is -0.467. The van der Waals surface area contributed by atoms with Crippen LogP contribution < -0.4 is 0 Å². The first kappa shape index (κ1) is 11.8. The van der Waals surface area contributed by atoms with Gasteiger partial charge in [0.15, 0.2) is 0 Å². The quantitative estimate of drug-likeness (QED) is 0.531. The van der Waals surface area contributed by atoms with Crippen LogP contribution in [0.1, 0.15) is 13.8 Å². The molecule has 0 spiro atoms. The maximum Gasteiger partial charge on any atom is 0.320 e. The highest BCUT2D eigenvalue weighted by molar-refractivity contribution is 6.26. The van der Waals surface area contributed by atoms with Crippen LogP contribution in [-0.4, -0.2) is 37.5 Å². The Morgan fingerprint density at radius 3 is 2.93 bits per heavy atom. The molecule has 0 saturated carbocycles. The Balaban J connectivity index is 2.38. The lowest BCUT2D eigenvalue weighted by Gasteiger charge is -2.37. The Labute approximate surface area is 88.5 Å². The van der Waals surface area contributed by atoms with Gasteiger partial charge in [0.2, 0.25) is 0 Å². The van der Waals surface area contributed by atoms with E-state index >= 15 is 0 Å². The highest BCUT2D eigenvalue weighted by Crippen LogP contribution is 2.25. The van der Waals surface area contributed by atoms with Crippen molar-refractivity contribution in [2.75, 3.05) is 25.9 Å². The van der Waals surface area contributed by atoms with E-state index in [2.05, 4.69) is 0 Å². The number of hydrogen-bond donors (Lipinski definition) is 0. The fraction of sp³-hybridized carbons (Fsp3) is 0.889. The van der Waals surface area contributed by atoms with E-state index in [0.29, 0.717) is 20.0 Å². The average Bonchev–Trinajstić information content (AvgIpc) is 2.15. The summed E-state index contributed by atoms with van der Waals surface area (Å²) >= 11 is 5.30. The number of alkyl halides is 1. The molecule has 82 valence electrons. The zero-order chi connectivity index (χ0) is 10.6. The van der Waals surface area contributed by atoms with Gasteiger partial charge in [-0.1, -0.05) is 0 Å². The standard InChI is InChI=1S/C9H15ClO4/c1-9(2)7(4-12-6-14-9)5-13-8(11)3-10/h7H,3-6H2,1-2H3. The molecule has 1 aliphatic rings. The van der Waals surface area contributed by atoms with Crippen molar-refractivity contribution in [2.24, 2.45) is 5.92 Å². The van der Waals surface area contributed by atoms with E-state index in [4.69, 9.17) is 25.8 Å². The lowest BCUT2D eigenvalue weighted by molar-refractivity contribution is -0.220. The zero-order valence-electron chi connectivity index (χ0n) is 8.42. The van der Waals surface area contributed by atoms with Crippen LogP contribution in [0.4, 0.5) is 0 Å². The number of esters is 1. The maximum absolute atomic E-state index is 10.8. The van der Waals surface area contributed by atoms with Gasteiger partial charge < -0.3 is 14.2 Å². The van der Waals surface area contributed by atoms with Gasteiger partial charge in [0.25, 0.3) is 0 Å². The van der Waals surface area contributed by atoms with Crippen molar-refractivity contribution in [3.05, 3.63) is 0 Å². The minimum absolute atomic E-state index is 0.0587. The van der Waals surface area contributed by atoms with Gasteiger partial charge in [0.05, 0.1) is 18.8 Å². The topological polar surface area (TPSA) is 44.8 Å². The first-order chi connectivity index (χ1) is 6.56. The summed E-state index contributed by atoms with van der Waals surface area (Å²) in [5.41, 5.74) is -0.315. The summed E-state index contributed by atoms with van der Waals surface area (Å²) in [6.07, 6.45) is 0. The number of ether oxygens (including phenoxy) is 3. The van der Waals surface area contributed by atoms with Crippen molar-refractivity contribution in [1.29, 1.82) is 0 Å². The van der Waals surface area contributed by atoms with Crippen molar-refractivity contribution in [3.8, 4) is 0 Å². The molecule has 14 heavy (non-hydrogen) atoms. The molecule has 0 aromatic carbocycles. The third-order valence-corrected chi connectivity index (χ3v) is 2.59. The van der Waals surface area contributed by atoms with Crippen LogP contribution in [0.25, 0.3) is 0 Å². The number of carbonyl (C=O) groups is 1. The van der Waals surface area contributed by atoms with Gasteiger partial charge in [-0.2, -0.15) is 0 Å². The fourth-order valence-electron chi connectivity index (χ4n) is 1.18. The highest BCUT2D eigenvalue weighted by Gasteiger charge is 2.34. The molecule has 1 saturated heterocycles. The normalized spacial score (nSPS) is 25.8. The van der Waals surface area contributed by atoms with Crippen LogP contribution in [0.15, 0.2) is 0 Å². The van der Waals surface area contributed by atoms with Gasteiger partial charge >= 0.3 is 5.97 Å². The molecule has 1 heterocycles. The van der Waals surface area contributed by atoms with E-state index < -0.39 is 5.97 Å². The summed E-state index contributed by atoms with van der Waals surface area (Å²) < 4.78 is 15.5. The smallest absolute Gasteiger partial charge is 0.320 e. The number of halogens is 1. The second kappa shape index (κ2) is 4.96. The minimum Gasteiger partial charge on any atom is -0.464 e. The minimum atomic E-state index is -0.409. The summed E-state index contributed by atoms with van der Waals surface area (Å²) in [7, 11) is 0. The van der Waals surface area contributed by atoms with Gasteiger partial charge in [-0.05, 0) is 13.8 Å². The second-order valence-electron chi connectivity index (χ2n) is 3.75. The Morgan fingerprint density at radius 1 is 1.64 bits per heavy atom. The molecule has 4 nitrogen and oxygen atoms in total. The molecule has 0 bridgehead atoms. The van der Waals surface area contributed by atoms with Gasteiger partial charge in [-0.25, -0.2) is 0 Å². The van der Waals surface area contributed by atoms with Gasteiger partial charge in [0, 0.05) is 5.92 Å². The highest BCUT2D eigenvalue weighted by atomic mass is 35.5. The Kier molecular flexibility index (Phi) is 4.16. The van der Waals surface area contributed by atoms with E-state index in [9.17, 15) is 4.79 Å². The predicted octanol–water partition coefficient (Wildman–Crippen LogP) is 1.17. The van der Waals surface area contributed by atoms with Crippen LogP contribution in [0, 0.1) is 5.92 Å². The van der Waals surface area contributed by atoms with Crippen molar-refractivity contribution >= 4 is 17.6 Å². The fourth-order valence-corrected chi connectivity index (χ4v) is 1.26. The summed E-state index contributed by atoms with van der Waals surface area (Å²) in [6.45, 7) is 5.04. The van der Waals surface area contributed by atoms with Crippen LogP contribution in [0.2, 0.25) is 0 Å².